The molecule has 6 heteroatoms. The third-order valence-electron chi connectivity index (χ3n) is 3.59. The van der Waals surface area contributed by atoms with Crippen LogP contribution in [0, 0.1) is 6.92 Å². The normalized spacial score (nSPS) is 10.4. The quantitative estimate of drug-likeness (QED) is 0.524. The largest absolute Gasteiger partial charge is 0.497 e. The molecule has 132 valence electrons. The highest BCUT2D eigenvalue weighted by Crippen LogP contribution is 2.22. The number of ether oxygens (including phenoxy) is 1. The second-order valence-corrected chi connectivity index (χ2v) is 6.55. The number of thioether (sulfide) groups is 1. The fourth-order valence-electron chi connectivity index (χ4n) is 2.39. The Morgan fingerprint density at radius 1 is 1.08 bits per heavy atom. The van der Waals surface area contributed by atoms with E-state index in [4.69, 9.17) is 4.74 Å². The number of anilines is 1. The fraction of sp³-hybridized carbons (Fsp3) is 0.150. The van der Waals surface area contributed by atoms with Crippen molar-refractivity contribution in [2.75, 3.05) is 18.2 Å². The van der Waals surface area contributed by atoms with E-state index in [1.807, 2.05) is 61.5 Å². The minimum Gasteiger partial charge on any atom is -0.497 e. The molecule has 0 saturated heterocycles. The van der Waals surface area contributed by atoms with Gasteiger partial charge in [0.15, 0.2) is 5.16 Å². The van der Waals surface area contributed by atoms with Crippen LogP contribution in [0.1, 0.15) is 5.69 Å². The summed E-state index contributed by atoms with van der Waals surface area (Å²) < 4.78 is 5.16. The molecular weight excluding hydrogens is 346 g/mol. The molecule has 0 unspecified atom stereocenters. The average molecular weight is 365 g/mol. The smallest absolute Gasteiger partial charge is 0.234 e. The molecule has 1 aromatic heterocycles. The number of carbonyl (C=O) groups is 1. The molecule has 0 saturated carbocycles. The van der Waals surface area contributed by atoms with E-state index in [9.17, 15) is 4.79 Å². The van der Waals surface area contributed by atoms with E-state index in [2.05, 4.69) is 15.3 Å². The lowest BCUT2D eigenvalue weighted by molar-refractivity contribution is -0.113. The molecule has 1 amide bonds. The van der Waals surface area contributed by atoms with Crippen LogP contribution in [0.4, 0.5) is 5.69 Å². The Bertz CT molecular complexity index is 901. The molecule has 0 spiro atoms. The Morgan fingerprint density at radius 2 is 1.88 bits per heavy atom. The van der Waals surface area contributed by atoms with Gasteiger partial charge in [-0.05, 0) is 25.1 Å². The second kappa shape index (κ2) is 8.49. The number of carbonyl (C=O) groups excluding carboxylic acids is 1. The Morgan fingerprint density at radius 3 is 2.65 bits per heavy atom. The molecule has 1 heterocycles. The van der Waals surface area contributed by atoms with Crippen molar-refractivity contribution in [3.05, 3.63) is 66.4 Å². The first kappa shape index (κ1) is 17.9. The fourth-order valence-corrected chi connectivity index (χ4v) is 3.09. The van der Waals surface area contributed by atoms with Gasteiger partial charge in [0.2, 0.25) is 5.91 Å². The maximum absolute atomic E-state index is 12.2. The van der Waals surface area contributed by atoms with Crippen molar-refractivity contribution in [2.24, 2.45) is 0 Å². The Balaban J connectivity index is 1.65. The SMILES string of the molecule is COc1cccc(NC(=O)CSc2nc(C)cc(-c3ccccc3)n2)c1. The number of nitrogens with zero attached hydrogens (tertiary/aromatic N) is 2. The molecule has 0 bridgehead atoms. The second-order valence-electron chi connectivity index (χ2n) is 5.61. The maximum Gasteiger partial charge on any atom is 0.234 e. The summed E-state index contributed by atoms with van der Waals surface area (Å²) in [6, 6.07) is 19.1. The van der Waals surface area contributed by atoms with E-state index in [1.165, 1.54) is 11.8 Å². The van der Waals surface area contributed by atoms with Gasteiger partial charge in [-0.3, -0.25) is 4.79 Å². The van der Waals surface area contributed by atoms with Crippen LogP contribution in [0.25, 0.3) is 11.3 Å². The summed E-state index contributed by atoms with van der Waals surface area (Å²) in [7, 11) is 1.59. The van der Waals surface area contributed by atoms with Gasteiger partial charge in [0.25, 0.3) is 0 Å². The van der Waals surface area contributed by atoms with Gasteiger partial charge in [0, 0.05) is 23.0 Å². The molecule has 2 aromatic carbocycles. The predicted octanol–water partition coefficient (Wildman–Crippen LogP) is 4.19. The number of nitrogens with one attached hydrogen (secondary N) is 1. The highest BCUT2D eigenvalue weighted by atomic mass is 32.2. The average Bonchev–Trinajstić information content (AvgIpc) is 2.67. The van der Waals surface area contributed by atoms with Crippen molar-refractivity contribution in [2.45, 2.75) is 12.1 Å². The molecule has 0 aliphatic carbocycles. The van der Waals surface area contributed by atoms with E-state index < -0.39 is 0 Å². The predicted molar refractivity (Wildman–Crippen MR) is 105 cm³/mol. The van der Waals surface area contributed by atoms with Crippen LogP contribution in [-0.2, 0) is 4.79 Å². The number of hydrogen-bond donors (Lipinski definition) is 1. The van der Waals surface area contributed by atoms with Gasteiger partial charge < -0.3 is 10.1 Å². The van der Waals surface area contributed by atoms with Crippen LogP contribution in [0.2, 0.25) is 0 Å². The van der Waals surface area contributed by atoms with Crippen molar-refractivity contribution in [3.8, 4) is 17.0 Å². The van der Waals surface area contributed by atoms with Crippen molar-refractivity contribution < 1.29 is 9.53 Å². The standard InChI is InChI=1S/C20H19N3O2S/c1-14-11-18(15-7-4-3-5-8-15)23-20(21-14)26-13-19(24)22-16-9-6-10-17(12-16)25-2/h3-12H,13H2,1-2H3,(H,22,24). The first-order valence-corrected chi connectivity index (χ1v) is 9.10. The van der Waals surface area contributed by atoms with Gasteiger partial charge in [0.1, 0.15) is 5.75 Å². The minimum atomic E-state index is -0.116. The Hall–Kier alpha value is -2.86. The van der Waals surface area contributed by atoms with Crippen molar-refractivity contribution in [1.82, 2.24) is 9.97 Å². The van der Waals surface area contributed by atoms with E-state index in [0.717, 1.165) is 17.0 Å². The van der Waals surface area contributed by atoms with Crippen LogP contribution in [0.3, 0.4) is 0 Å². The summed E-state index contributed by atoms with van der Waals surface area (Å²) >= 11 is 1.32. The molecule has 1 N–H and O–H groups in total. The highest BCUT2D eigenvalue weighted by molar-refractivity contribution is 7.99. The molecule has 3 aromatic rings. The molecule has 0 aliphatic heterocycles. The van der Waals surface area contributed by atoms with E-state index >= 15 is 0 Å². The van der Waals surface area contributed by atoms with Gasteiger partial charge in [-0.25, -0.2) is 9.97 Å². The van der Waals surface area contributed by atoms with Crippen LogP contribution >= 0.6 is 11.8 Å². The summed E-state index contributed by atoms with van der Waals surface area (Å²) in [5, 5.41) is 3.44. The van der Waals surface area contributed by atoms with Crippen LogP contribution < -0.4 is 10.1 Å². The molecule has 0 fully saturated rings. The summed E-state index contributed by atoms with van der Waals surface area (Å²) in [5.74, 6) is 0.814. The first-order valence-electron chi connectivity index (χ1n) is 8.12. The van der Waals surface area contributed by atoms with E-state index in [-0.39, 0.29) is 11.7 Å². The number of aryl methyl sites for hydroxylation is 1. The lowest BCUT2D eigenvalue weighted by Gasteiger charge is -2.08. The van der Waals surface area contributed by atoms with Crippen LogP contribution in [0.15, 0.2) is 65.8 Å². The summed E-state index contributed by atoms with van der Waals surface area (Å²) in [5.41, 5.74) is 3.45. The van der Waals surface area contributed by atoms with E-state index in [1.54, 1.807) is 13.2 Å². The third kappa shape index (κ3) is 4.83. The molecule has 0 aliphatic rings. The first-order chi connectivity index (χ1) is 12.6. The number of hydrogen-bond acceptors (Lipinski definition) is 5. The maximum atomic E-state index is 12.2. The van der Waals surface area contributed by atoms with Crippen LogP contribution in [0.5, 0.6) is 5.75 Å². The Labute approximate surface area is 156 Å². The minimum absolute atomic E-state index is 0.116. The lowest BCUT2D eigenvalue weighted by Crippen LogP contribution is -2.14. The number of amides is 1. The molecular formula is C20H19N3O2S. The molecule has 26 heavy (non-hydrogen) atoms. The van der Waals surface area contributed by atoms with Gasteiger partial charge in [-0.15, -0.1) is 0 Å². The summed E-state index contributed by atoms with van der Waals surface area (Å²) in [4.78, 5) is 21.2. The highest BCUT2D eigenvalue weighted by Gasteiger charge is 2.09. The zero-order valence-electron chi connectivity index (χ0n) is 14.6. The number of aromatic nitrogens is 2. The Kier molecular flexibility index (Phi) is 5.86. The van der Waals surface area contributed by atoms with Crippen LogP contribution in [-0.4, -0.2) is 28.7 Å². The summed E-state index contributed by atoms with van der Waals surface area (Å²) in [6.07, 6.45) is 0. The molecule has 0 radical (unpaired) electrons. The third-order valence-corrected chi connectivity index (χ3v) is 4.44. The van der Waals surface area contributed by atoms with Crippen molar-refractivity contribution in [1.29, 1.82) is 0 Å². The molecule has 3 rings (SSSR count). The number of methoxy groups -OCH3 is 1. The molecule has 0 atom stereocenters. The number of benzene rings is 2. The zero-order chi connectivity index (χ0) is 18.4. The lowest BCUT2D eigenvalue weighted by atomic mass is 10.1. The monoisotopic (exact) mass is 365 g/mol. The number of rotatable bonds is 6. The van der Waals surface area contributed by atoms with E-state index in [0.29, 0.717) is 16.6 Å². The van der Waals surface area contributed by atoms with Gasteiger partial charge >= 0.3 is 0 Å². The topological polar surface area (TPSA) is 64.1 Å². The zero-order valence-corrected chi connectivity index (χ0v) is 15.4. The van der Waals surface area contributed by atoms with Gasteiger partial charge in [-0.2, -0.15) is 0 Å². The van der Waals surface area contributed by atoms with Crippen molar-refractivity contribution >= 4 is 23.4 Å². The van der Waals surface area contributed by atoms with Crippen molar-refractivity contribution in [3.63, 3.8) is 0 Å². The van der Waals surface area contributed by atoms with Gasteiger partial charge in [0.05, 0.1) is 18.6 Å². The summed E-state index contributed by atoms with van der Waals surface area (Å²) in [6.45, 7) is 1.93. The molecule has 5 nitrogen and oxygen atoms in total. The van der Waals surface area contributed by atoms with Gasteiger partial charge in [-0.1, -0.05) is 48.2 Å².